The number of nitrogens with one attached hydrogen (secondary N) is 4. The van der Waals surface area contributed by atoms with Crippen molar-refractivity contribution in [1.82, 2.24) is 35.7 Å². The van der Waals surface area contributed by atoms with Crippen LogP contribution in [0.25, 0.3) is 10.9 Å². The van der Waals surface area contributed by atoms with Crippen LogP contribution in [0.4, 0.5) is 9.59 Å². The summed E-state index contributed by atoms with van der Waals surface area (Å²) in [6.07, 6.45) is 4.50. The molecule has 3 atom stereocenters. The number of esters is 1. The molecule has 0 bridgehead atoms. The number of amides is 4. The molecule has 1 aliphatic rings. The highest BCUT2D eigenvalue weighted by molar-refractivity contribution is 9.10. The first-order valence-electron chi connectivity index (χ1n) is 24.0. The number of likely N-dealkylation sites (N-methyl/N-ethyl adjacent to an activating group) is 1. The van der Waals surface area contributed by atoms with Gasteiger partial charge in [-0.15, -0.1) is 0 Å². The van der Waals surface area contributed by atoms with E-state index in [4.69, 9.17) is 30.8 Å². The highest BCUT2D eigenvalue weighted by Gasteiger charge is 2.35. The number of aromatic nitrogens is 2. The molecule has 4 N–H and O–H groups in total. The number of halogens is 2. The molecule has 0 unspecified atom stereocenters. The van der Waals surface area contributed by atoms with Gasteiger partial charge in [-0.1, -0.05) is 70.0 Å². The van der Waals surface area contributed by atoms with Gasteiger partial charge in [0, 0.05) is 72.2 Å². The average Bonchev–Trinajstić information content (AvgIpc) is 3.64. The van der Waals surface area contributed by atoms with Crippen LogP contribution in [0.3, 0.4) is 0 Å². The smallest absolute Gasteiger partial charge is 0.419 e. The van der Waals surface area contributed by atoms with Gasteiger partial charge in [0.05, 0.1) is 16.6 Å². The summed E-state index contributed by atoms with van der Waals surface area (Å²) in [5.41, 5.74) is 0.493. The summed E-state index contributed by atoms with van der Waals surface area (Å²) in [4.78, 5) is 90.1. The molecule has 4 aromatic rings. The van der Waals surface area contributed by atoms with Crippen LogP contribution in [0.15, 0.2) is 75.3 Å². The lowest BCUT2D eigenvalue weighted by molar-refractivity contribution is -0.155. The third-order valence-corrected chi connectivity index (χ3v) is 13.6. The number of unbranched alkanes of at least 4 members (excludes halogenated alkanes) is 2. The zero-order valence-corrected chi connectivity index (χ0v) is 45.6. The van der Waals surface area contributed by atoms with E-state index in [0.717, 1.165) is 5.56 Å². The molecule has 2 aromatic heterocycles. The van der Waals surface area contributed by atoms with E-state index in [0.29, 0.717) is 73.6 Å². The second kappa shape index (κ2) is 25.0. The van der Waals surface area contributed by atoms with E-state index in [1.54, 1.807) is 84.3 Å². The second-order valence-corrected chi connectivity index (χ2v) is 22.8. The van der Waals surface area contributed by atoms with Gasteiger partial charge in [0.25, 0.3) is 0 Å². The average molecular weight is 1080 g/mol. The van der Waals surface area contributed by atoms with Gasteiger partial charge < -0.3 is 40.4 Å². The van der Waals surface area contributed by atoms with Crippen molar-refractivity contribution in [3.05, 3.63) is 87.1 Å². The number of fused-ring (bicyclic) bond motifs is 3. The number of carbonyl (C=O) groups is 6. The van der Waals surface area contributed by atoms with Gasteiger partial charge in [0.1, 0.15) is 33.9 Å². The Balaban J connectivity index is 1.56. The molecule has 0 aliphatic carbocycles. The molecular weight excluding hydrogens is 1010 g/mol. The lowest BCUT2D eigenvalue weighted by Gasteiger charge is -2.32. The first-order valence-corrected chi connectivity index (χ1v) is 26.0. The van der Waals surface area contributed by atoms with Crippen LogP contribution in [-0.4, -0.2) is 98.8 Å². The van der Waals surface area contributed by atoms with E-state index >= 15 is 4.79 Å². The summed E-state index contributed by atoms with van der Waals surface area (Å²) in [5, 5.41) is 14.0. The fraction of sp³-hybridized carbons (Fsp3) is 0.519. The van der Waals surface area contributed by atoms with Gasteiger partial charge in [-0.3, -0.25) is 23.7 Å². The molecule has 5 rings (SSSR count). The van der Waals surface area contributed by atoms with Gasteiger partial charge in [0.2, 0.25) is 17.7 Å². The predicted octanol–water partition coefficient (Wildman–Crippen LogP) is 9.63. The number of hydrogen-bond donors (Lipinski definition) is 4. The number of benzene rings is 2. The molecule has 0 saturated heterocycles. The Morgan fingerprint density at radius 1 is 0.831 bits per heavy atom. The Labute approximate surface area is 434 Å². The maximum absolute atomic E-state index is 15.1. The number of alkyl carbamates (subject to hydrolysis) is 1. The molecular formula is C52H69BrClN7O9S. The number of para-hydroxylation sites is 1. The third kappa shape index (κ3) is 17.2. The minimum atomic E-state index is -1.16. The van der Waals surface area contributed by atoms with E-state index < -0.39 is 64.8 Å². The summed E-state index contributed by atoms with van der Waals surface area (Å²) < 4.78 is 18.8. The molecule has 1 aliphatic heterocycles. The van der Waals surface area contributed by atoms with E-state index in [-0.39, 0.29) is 44.9 Å². The zero-order chi connectivity index (χ0) is 52.3. The largest absolute Gasteiger partial charge is 0.460 e. The number of carbonyl (C=O) groups excluding carboxylic acids is 6. The molecule has 386 valence electrons. The first-order chi connectivity index (χ1) is 33.3. The summed E-state index contributed by atoms with van der Waals surface area (Å²) in [7, 11) is 1.53. The number of pyridine rings is 1. The molecule has 16 nitrogen and oxygen atoms in total. The SMILES string of the molecule is CN1C(=O)[C@H](CCCCNC(=O)OC(C)(C)C)NC(=O)[C@H](CCCCC(=O)OC(C)(C)C)NCc2cccnc2Sc2c(Cl)ccc(Br)c2CNC(=O)[C@@H]1Cc1cn(C(=O)OC(C)(C)C)c2ccccc12. The summed E-state index contributed by atoms with van der Waals surface area (Å²) in [6, 6.07) is 11.4. The Morgan fingerprint density at radius 2 is 1.51 bits per heavy atom. The number of hydrogen-bond acceptors (Lipinski definition) is 12. The quantitative estimate of drug-likeness (QED) is 0.0596. The topological polar surface area (TPSA) is 199 Å². The van der Waals surface area contributed by atoms with Gasteiger partial charge in [-0.25, -0.2) is 14.6 Å². The molecule has 0 fully saturated rings. The van der Waals surface area contributed by atoms with Crippen molar-refractivity contribution in [1.29, 1.82) is 0 Å². The Morgan fingerprint density at radius 3 is 2.21 bits per heavy atom. The minimum absolute atomic E-state index is 0.0110. The fourth-order valence-corrected chi connectivity index (χ4v) is 9.80. The van der Waals surface area contributed by atoms with Crippen LogP contribution in [0.2, 0.25) is 5.02 Å². The molecule has 3 heterocycles. The van der Waals surface area contributed by atoms with E-state index in [1.165, 1.54) is 28.3 Å². The van der Waals surface area contributed by atoms with Crippen LogP contribution in [-0.2, 0) is 52.9 Å². The lowest BCUT2D eigenvalue weighted by Crippen LogP contribution is -2.57. The standard InChI is InChI=1S/C52H69BrClN7O9S/c1-50(2,3)68-42(62)23-14-12-20-38-44(63)59-39(21-15-16-26-56-48(66)69-51(4,5)6)47(65)60(10)41(28-33-31-61(49(67)70-52(7,8)9)40-22-13-11-19-34(33)40)45(64)58-30-35-36(53)24-25-37(54)43(35)71-46-32(29-57-38)18-17-27-55-46/h11,13,17-19,22,24-25,27,31,38-39,41,57H,12,14-16,20-21,23,26,28-30H2,1-10H3,(H,56,66)(H,58,64)(H,59,63)/t38-,39-,41-/m0/s1. The minimum Gasteiger partial charge on any atom is -0.460 e. The van der Waals surface area contributed by atoms with Crippen molar-refractivity contribution in [2.75, 3.05) is 13.6 Å². The Hall–Kier alpha value is -5.17. The zero-order valence-electron chi connectivity index (χ0n) is 42.5. The van der Waals surface area contributed by atoms with Crippen molar-refractivity contribution in [2.45, 2.75) is 172 Å². The summed E-state index contributed by atoms with van der Waals surface area (Å²) >= 11 is 11.9. The van der Waals surface area contributed by atoms with Crippen LogP contribution >= 0.6 is 39.3 Å². The fourth-order valence-electron chi connectivity index (χ4n) is 7.86. The first kappa shape index (κ1) is 56.7. The van der Waals surface area contributed by atoms with Crippen molar-refractivity contribution in [3.63, 3.8) is 0 Å². The molecule has 4 amide bonds. The van der Waals surface area contributed by atoms with Crippen molar-refractivity contribution >= 4 is 86.1 Å². The van der Waals surface area contributed by atoms with Crippen LogP contribution < -0.4 is 21.3 Å². The number of rotatable bonds is 12. The summed E-state index contributed by atoms with van der Waals surface area (Å²) in [5.74, 6) is -1.83. The van der Waals surface area contributed by atoms with E-state index in [1.807, 2.05) is 39.0 Å². The molecule has 71 heavy (non-hydrogen) atoms. The highest BCUT2D eigenvalue weighted by atomic mass is 79.9. The van der Waals surface area contributed by atoms with Crippen molar-refractivity contribution < 1.29 is 43.0 Å². The maximum Gasteiger partial charge on any atom is 0.419 e. The molecule has 0 saturated carbocycles. The monoisotopic (exact) mass is 1080 g/mol. The van der Waals surface area contributed by atoms with E-state index in [9.17, 15) is 24.0 Å². The highest BCUT2D eigenvalue weighted by Crippen LogP contribution is 2.40. The second-order valence-electron chi connectivity index (χ2n) is 20.6. The Kier molecular flexibility index (Phi) is 20.0. The molecule has 0 spiro atoms. The molecule has 19 heteroatoms. The van der Waals surface area contributed by atoms with E-state index in [2.05, 4.69) is 37.2 Å². The van der Waals surface area contributed by atoms with Crippen LogP contribution in [0.1, 0.15) is 124 Å². The van der Waals surface area contributed by atoms with Gasteiger partial charge in [0.15, 0.2) is 0 Å². The molecule has 0 radical (unpaired) electrons. The van der Waals surface area contributed by atoms with Gasteiger partial charge >= 0.3 is 18.2 Å². The van der Waals surface area contributed by atoms with Crippen LogP contribution in [0.5, 0.6) is 0 Å². The normalized spacial score (nSPS) is 17.6. The van der Waals surface area contributed by atoms with Gasteiger partial charge in [-0.05, 0) is 130 Å². The number of ether oxygens (including phenoxy) is 3. The van der Waals surface area contributed by atoms with Crippen molar-refractivity contribution in [2.24, 2.45) is 0 Å². The predicted molar refractivity (Wildman–Crippen MR) is 278 cm³/mol. The summed E-state index contributed by atoms with van der Waals surface area (Å²) in [6.45, 7) is 16.5. The maximum atomic E-state index is 15.1. The lowest BCUT2D eigenvalue weighted by atomic mass is 10.0. The molecule has 2 aromatic carbocycles. The van der Waals surface area contributed by atoms with Crippen LogP contribution in [0, 0.1) is 0 Å². The Bertz CT molecular complexity index is 2550. The number of nitrogens with zero attached hydrogens (tertiary/aromatic N) is 3. The van der Waals surface area contributed by atoms with Gasteiger partial charge in [-0.2, -0.15) is 0 Å². The van der Waals surface area contributed by atoms with Crippen molar-refractivity contribution in [3.8, 4) is 0 Å². The third-order valence-electron chi connectivity index (χ3n) is 11.2.